The maximum atomic E-state index is 11.7. The molecule has 0 saturated carbocycles. The van der Waals surface area contributed by atoms with Crippen LogP contribution in [0.25, 0.3) is 0 Å². The molecule has 3 nitrogen and oxygen atoms in total. The van der Waals surface area contributed by atoms with E-state index in [1.54, 1.807) is 0 Å². The molecule has 1 aliphatic heterocycles. The third kappa shape index (κ3) is 3.20. The first-order chi connectivity index (χ1) is 7.20. The summed E-state index contributed by atoms with van der Waals surface area (Å²) in [6, 6.07) is 0.504. The quantitative estimate of drug-likeness (QED) is 0.670. The second kappa shape index (κ2) is 6.11. The summed E-state index contributed by atoms with van der Waals surface area (Å²) >= 11 is 0. The lowest BCUT2D eigenvalue weighted by Gasteiger charge is -2.38. The van der Waals surface area contributed by atoms with Gasteiger partial charge in [-0.3, -0.25) is 9.69 Å². The van der Waals surface area contributed by atoms with E-state index in [2.05, 4.69) is 18.7 Å². The van der Waals surface area contributed by atoms with Gasteiger partial charge < -0.3 is 4.74 Å². The van der Waals surface area contributed by atoms with Crippen LogP contribution in [0.15, 0.2) is 0 Å². The Balaban J connectivity index is 2.64. The summed E-state index contributed by atoms with van der Waals surface area (Å²) in [5.41, 5.74) is 0. The minimum atomic E-state index is -0.0643. The number of hydrogen-bond acceptors (Lipinski definition) is 3. The molecule has 0 spiro atoms. The lowest BCUT2D eigenvalue weighted by Crippen LogP contribution is -2.49. The Morgan fingerprint density at radius 2 is 2.27 bits per heavy atom. The predicted octanol–water partition coefficient (Wildman–Crippen LogP) is 2.20. The molecule has 0 bridgehead atoms. The van der Waals surface area contributed by atoms with E-state index in [0.717, 1.165) is 19.4 Å². The van der Waals surface area contributed by atoms with Gasteiger partial charge in [0.1, 0.15) is 6.04 Å². The van der Waals surface area contributed by atoms with Gasteiger partial charge in [0.25, 0.3) is 0 Å². The average Bonchev–Trinajstić information content (AvgIpc) is 2.26. The molecule has 1 rings (SSSR count). The Labute approximate surface area is 92.8 Å². The molecule has 1 fully saturated rings. The van der Waals surface area contributed by atoms with Crippen LogP contribution in [0.1, 0.15) is 46.0 Å². The van der Waals surface area contributed by atoms with Crippen molar-refractivity contribution in [3.63, 3.8) is 0 Å². The monoisotopic (exact) mass is 213 g/mol. The van der Waals surface area contributed by atoms with Gasteiger partial charge in [0, 0.05) is 6.04 Å². The van der Waals surface area contributed by atoms with Crippen LogP contribution in [-0.4, -0.2) is 36.6 Å². The topological polar surface area (TPSA) is 29.5 Å². The molecule has 1 saturated heterocycles. The average molecular weight is 213 g/mol. The number of likely N-dealkylation sites (tertiary alicyclic amines) is 1. The Bertz CT molecular complexity index is 206. The Morgan fingerprint density at radius 3 is 2.80 bits per heavy atom. The smallest absolute Gasteiger partial charge is 0.323 e. The molecular weight excluding hydrogens is 190 g/mol. The summed E-state index contributed by atoms with van der Waals surface area (Å²) in [6.07, 6.45) is 5.65. The molecule has 0 amide bonds. The van der Waals surface area contributed by atoms with E-state index >= 15 is 0 Å². The molecule has 2 atom stereocenters. The van der Waals surface area contributed by atoms with Gasteiger partial charge in [-0.15, -0.1) is 0 Å². The van der Waals surface area contributed by atoms with Crippen LogP contribution in [0, 0.1) is 0 Å². The van der Waals surface area contributed by atoms with Crippen LogP contribution in [0.2, 0.25) is 0 Å². The highest BCUT2D eigenvalue weighted by molar-refractivity contribution is 5.75. The van der Waals surface area contributed by atoms with Crippen LogP contribution in [0.4, 0.5) is 0 Å². The van der Waals surface area contributed by atoms with Gasteiger partial charge in [-0.2, -0.15) is 0 Å². The number of ether oxygens (including phenoxy) is 1. The lowest BCUT2D eigenvalue weighted by atomic mass is 9.99. The molecule has 1 heterocycles. The first-order valence-electron chi connectivity index (χ1n) is 6.04. The first kappa shape index (κ1) is 12.5. The predicted molar refractivity (Wildman–Crippen MR) is 60.7 cm³/mol. The van der Waals surface area contributed by atoms with Crippen molar-refractivity contribution < 1.29 is 9.53 Å². The molecule has 0 aliphatic carbocycles. The first-order valence-corrected chi connectivity index (χ1v) is 6.04. The fourth-order valence-electron chi connectivity index (χ4n) is 2.41. The molecular formula is C12H23NO2. The maximum absolute atomic E-state index is 11.7. The van der Waals surface area contributed by atoms with Crippen molar-refractivity contribution in [2.24, 2.45) is 0 Å². The Morgan fingerprint density at radius 1 is 1.53 bits per heavy atom. The van der Waals surface area contributed by atoms with Crippen LogP contribution in [0.5, 0.6) is 0 Å². The second-order valence-corrected chi connectivity index (χ2v) is 4.41. The number of methoxy groups -OCH3 is 1. The van der Waals surface area contributed by atoms with Crippen molar-refractivity contribution in [3.05, 3.63) is 0 Å². The third-order valence-electron chi connectivity index (χ3n) is 3.29. The number of rotatable bonds is 4. The molecule has 0 radical (unpaired) electrons. The van der Waals surface area contributed by atoms with Gasteiger partial charge in [0.15, 0.2) is 0 Å². The van der Waals surface area contributed by atoms with Gasteiger partial charge in [0.2, 0.25) is 0 Å². The molecule has 3 heteroatoms. The summed E-state index contributed by atoms with van der Waals surface area (Å²) in [5, 5.41) is 0. The van der Waals surface area contributed by atoms with E-state index in [1.807, 2.05) is 0 Å². The highest BCUT2D eigenvalue weighted by Gasteiger charge is 2.30. The molecule has 88 valence electrons. The normalized spacial score (nSPS) is 24.9. The molecule has 0 aromatic heterocycles. The van der Waals surface area contributed by atoms with Gasteiger partial charge in [-0.1, -0.05) is 19.8 Å². The fraction of sp³-hybridized carbons (Fsp3) is 0.917. The second-order valence-electron chi connectivity index (χ2n) is 4.41. The van der Waals surface area contributed by atoms with E-state index in [9.17, 15) is 4.79 Å². The maximum Gasteiger partial charge on any atom is 0.323 e. The number of esters is 1. The van der Waals surface area contributed by atoms with Gasteiger partial charge in [0.05, 0.1) is 7.11 Å². The minimum absolute atomic E-state index is 0.0182. The van der Waals surface area contributed by atoms with Crippen molar-refractivity contribution in [1.29, 1.82) is 0 Å². The lowest BCUT2D eigenvalue weighted by molar-refractivity contribution is -0.148. The summed E-state index contributed by atoms with van der Waals surface area (Å²) in [5.74, 6) is -0.0643. The van der Waals surface area contributed by atoms with E-state index in [4.69, 9.17) is 4.74 Å². The van der Waals surface area contributed by atoms with Gasteiger partial charge in [-0.05, 0) is 32.7 Å². The van der Waals surface area contributed by atoms with Gasteiger partial charge >= 0.3 is 5.97 Å². The van der Waals surface area contributed by atoms with Crippen LogP contribution in [-0.2, 0) is 9.53 Å². The van der Waals surface area contributed by atoms with E-state index in [-0.39, 0.29) is 12.0 Å². The molecule has 0 aromatic carbocycles. The van der Waals surface area contributed by atoms with Crippen molar-refractivity contribution >= 4 is 5.97 Å². The van der Waals surface area contributed by atoms with Gasteiger partial charge in [-0.25, -0.2) is 0 Å². The van der Waals surface area contributed by atoms with E-state index in [0.29, 0.717) is 6.04 Å². The number of hydrogen-bond donors (Lipinski definition) is 0. The molecule has 0 aromatic rings. The Kier molecular flexibility index (Phi) is 5.09. The van der Waals surface area contributed by atoms with Crippen molar-refractivity contribution in [2.75, 3.05) is 13.7 Å². The SMILES string of the molecule is CCC[C@H](C(=O)OC)N1CCCC[C@@H]1C. The van der Waals surface area contributed by atoms with Crippen molar-refractivity contribution in [3.8, 4) is 0 Å². The zero-order valence-electron chi connectivity index (χ0n) is 10.2. The molecule has 0 unspecified atom stereocenters. The van der Waals surface area contributed by atoms with E-state index in [1.165, 1.54) is 26.4 Å². The van der Waals surface area contributed by atoms with E-state index < -0.39 is 0 Å². The number of carbonyl (C=O) groups excluding carboxylic acids is 1. The van der Waals surface area contributed by atoms with Crippen LogP contribution >= 0.6 is 0 Å². The zero-order valence-corrected chi connectivity index (χ0v) is 10.2. The fourth-order valence-corrected chi connectivity index (χ4v) is 2.41. The Hall–Kier alpha value is -0.570. The number of piperidine rings is 1. The van der Waals surface area contributed by atoms with Crippen LogP contribution in [0.3, 0.4) is 0 Å². The molecule has 15 heavy (non-hydrogen) atoms. The summed E-state index contributed by atoms with van der Waals surface area (Å²) in [4.78, 5) is 14.0. The highest BCUT2D eigenvalue weighted by Crippen LogP contribution is 2.21. The van der Waals surface area contributed by atoms with Crippen molar-refractivity contribution in [2.45, 2.75) is 58.0 Å². The van der Waals surface area contributed by atoms with Crippen molar-refractivity contribution in [1.82, 2.24) is 4.90 Å². The summed E-state index contributed by atoms with van der Waals surface area (Å²) < 4.78 is 4.89. The minimum Gasteiger partial charge on any atom is -0.468 e. The molecule has 0 N–H and O–H groups in total. The van der Waals surface area contributed by atoms with Crippen LogP contribution < -0.4 is 0 Å². The number of nitrogens with zero attached hydrogens (tertiary/aromatic N) is 1. The highest BCUT2D eigenvalue weighted by atomic mass is 16.5. The third-order valence-corrected chi connectivity index (χ3v) is 3.29. The zero-order chi connectivity index (χ0) is 11.3. The molecule has 1 aliphatic rings. The standard InChI is InChI=1S/C12H23NO2/c1-4-7-11(12(14)15-3)13-9-6-5-8-10(13)2/h10-11H,4-9H2,1-3H3/t10-,11+/m0/s1. The summed E-state index contributed by atoms with van der Waals surface area (Å²) in [6.45, 7) is 5.37. The number of carbonyl (C=O) groups is 1. The largest absolute Gasteiger partial charge is 0.468 e. The summed E-state index contributed by atoms with van der Waals surface area (Å²) in [7, 11) is 1.49.